The van der Waals surface area contributed by atoms with Gasteiger partial charge in [0.15, 0.2) is 0 Å². The summed E-state index contributed by atoms with van der Waals surface area (Å²) in [5, 5.41) is 0. The van der Waals surface area contributed by atoms with E-state index in [4.69, 9.17) is 32.5 Å². The highest BCUT2D eigenvalue weighted by molar-refractivity contribution is 5.73. The molecule has 37 heavy (non-hydrogen) atoms. The highest BCUT2D eigenvalue weighted by Gasteiger charge is 2.28. The van der Waals surface area contributed by atoms with Crippen LogP contribution in [0, 0.1) is 35.9 Å². The van der Waals surface area contributed by atoms with Gasteiger partial charge in [-0.05, 0) is 74.5 Å². The highest BCUT2D eigenvalue weighted by Crippen LogP contribution is 2.36. The largest absolute Gasteiger partial charge is 0.497 e. The first kappa shape index (κ1) is 27.7. The molecule has 0 atom stereocenters. The van der Waals surface area contributed by atoms with Crippen LogP contribution >= 0.6 is 0 Å². The number of rotatable bonds is 4. The lowest BCUT2D eigenvalue weighted by atomic mass is 9.96. The summed E-state index contributed by atoms with van der Waals surface area (Å²) in [6, 6.07) is 25.8. The molecule has 0 radical (unpaired) electrons. The minimum atomic E-state index is -4.94. The number of methoxy groups -OCH3 is 2. The highest BCUT2D eigenvalue weighted by atomic mass is 35.7. The van der Waals surface area contributed by atoms with E-state index < -0.39 is 10.2 Å². The van der Waals surface area contributed by atoms with Gasteiger partial charge in [-0.1, -0.05) is 30.0 Å². The SMILES string of the molecule is COc1ccc(-c2[o+]c(-c3ccc(OC)cc3)c(C)c(C#Cc3ccccc3)c2C)cc1.[O-][Cl+3]([O-])([O-])[O-]. The van der Waals surface area contributed by atoms with Gasteiger partial charge in [0.2, 0.25) is 0 Å². The van der Waals surface area contributed by atoms with Gasteiger partial charge in [0, 0.05) is 11.1 Å². The standard InChI is InChI=1S/C29H25O3.ClHO4/c1-20-27(19-10-22-8-6-5-7-9-22)21(2)29(24-13-17-26(31-4)18-14-24)32-28(20)23-11-15-25(30-3)16-12-23;2-1(3,4)5/h5-9,11-18H,1-4H3;(H,2,3,4,5)/q+1;/p-1. The fourth-order valence-electron chi connectivity index (χ4n) is 3.64. The van der Waals surface area contributed by atoms with E-state index in [0.29, 0.717) is 0 Å². The minimum absolute atomic E-state index is 0.793. The molecule has 4 rings (SSSR count). The molecule has 0 saturated carbocycles. The quantitative estimate of drug-likeness (QED) is 0.298. The first-order valence-electron chi connectivity index (χ1n) is 11.1. The van der Waals surface area contributed by atoms with Gasteiger partial charge < -0.3 is 9.47 Å². The molecule has 0 aliphatic rings. The normalized spacial score (nSPS) is 10.5. The molecule has 0 unspecified atom stereocenters. The van der Waals surface area contributed by atoms with E-state index in [1.165, 1.54) is 0 Å². The Bertz CT molecular complexity index is 1310. The van der Waals surface area contributed by atoms with Crippen LogP contribution in [0.15, 0.2) is 83.3 Å². The van der Waals surface area contributed by atoms with Gasteiger partial charge in [0.1, 0.15) is 11.5 Å². The third kappa shape index (κ3) is 7.79. The average Bonchev–Trinajstić information content (AvgIpc) is 2.89. The Morgan fingerprint density at radius 1 is 0.622 bits per heavy atom. The Morgan fingerprint density at radius 2 is 1.03 bits per heavy atom. The van der Waals surface area contributed by atoms with E-state index in [1.807, 2.05) is 78.9 Å². The van der Waals surface area contributed by atoms with Gasteiger partial charge in [0.05, 0.1) is 36.5 Å². The topological polar surface area (TPSA) is 122 Å². The number of hydrogen-bond donors (Lipinski definition) is 0. The maximum Gasteiger partial charge on any atom is 0.364 e. The van der Waals surface area contributed by atoms with E-state index in [2.05, 4.69) is 25.7 Å². The van der Waals surface area contributed by atoms with Crippen LogP contribution in [0.5, 0.6) is 11.5 Å². The molecule has 0 bridgehead atoms. The lowest BCUT2D eigenvalue weighted by molar-refractivity contribution is -2.00. The molecule has 0 saturated heterocycles. The lowest BCUT2D eigenvalue weighted by Crippen LogP contribution is -2.68. The molecule has 8 heteroatoms. The number of hydrogen-bond acceptors (Lipinski definition) is 6. The molecule has 0 spiro atoms. The average molecular weight is 521 g/mol. The summed E-state index contributed by atoms with van der Waals surface area (Å²) in [6.07, 6.45) is 0. The summed E-state index contributed by atoms with van der Waals surface area (Å²) in [4.78, 5) is 0. The van der Waals surface area contributed by atoms with E-state index in [-0.39, 0.29) is 0 Å². The monoisotopic (exact) mass is 520 g/mol. The van der Waals surface area contributed by atoms with Crippen LogP contribution in [0.4, 0.5) is 0 Å². The molecule has 0 N–H and O–H groups in total. The van der Waals surface area contributed by atoms with Crippen LogP contribution in [0.1, 0.15) is 22.3 Å². The number of benzene rings is 3. The number of halogens is 1. The maximum absolute atomic E-state index is 8.49. The van der Waals surface area contributed by atoms with Crippen molar-refractivity contribution in [2.75, 3.05) is 14.2 Å². The van der Waals surface area contributed by atoms with Gasteiger partial charge >= 0.3 is 11.5 Å². The smallest absolute Gasteiger partial charge is 0.364 e. The summed E-state index contributed by atoms with van der Waals surface area (Å²) < 4.78 is 51.1. The Labute approximate surface area is 217 Å². The van der Waals surface area contributed by atoms with Gasteiger partial charge in [0.25, 0.3) is 0 Å². The molecule has 7 nitrogen and oxygen atoms in total. The molecular formula is C29H25ClO7. The second-order valence-electron chi connectivity index (χ2n) is 7.84. The Kier molecular flexibility index (Phi) is 9.25. The van der Waals surface area contributed by atoms with Gasteiger partial charge in [-0.3, -0.25) is 0 Å². The van der Waals surface area contributed by atoms with Crippen molar-refractivity contribution in [1.82, 2.24) is 0 Å². The van der Waals surface area contributed by atoms with Crippen molar-refractivity contribution in [3.63, 3.8) is 0 Å². The predicted molar refractivity (Wildman–Crippen MR) is 129 cm³/mol. The third-order valence-corrected chi connectivity index (χ3v) is 5.45. The zero-order chi connectivity index (χ0) is 27.0. The second kappa shape index (κ2) is 12.4. The van der Waals surface area contributed by atoms with Gasteiger partial charge in [-0.15, -0.1) is 10.2 Å². The predicted octanol–water partition coefficient (Wildman–Crippen LogP) is 2.17. The van der Waals surface area contributed by atoms with E-state index in [1.54, 1.807) is 14.2 Å². The lowest BCUT2D eigenvalue weighted by Gasteiger charge is -2.17. The zero-order valence-electron chi connectivity index (χ0n) is 20.7. The van der Waals surface area contributed by atoms with Crippen molar-refractivity contribution in [1.29, 1.82) is 0 Å². The first-order valence-corrected chi connectivity index (χ1v) is 12.3. The molecule has 1 heterocycles. The molecule has 0 amide bonds. The Hall–Kier alpha value is -3.90. The fourth-order valence-corrected chi connectivity index (χ4v) is 3.64. The van der Waals surface area contributed by atoms with Crippen molar-refractivity contribution < 1.29 is 42.8 Å². The van der Waals surface area contributed by atoms with Gasteiger partial charge in [-0.25, -0.2) is 23.1 Å². The zero-order valence-corrected chi connectivity index (χ0v) is 21.5. The van der Waals surface area contributed by atoms with Crippen molar-refractivity contribution in [2.24, 2.45) is 0 Å². The van der Waals surface area contributed by atoms with Crippen LogP contribution in [0.2, 0.25) is 0 Å². The maximum atomic E-state index is 8.49. The van der Waals surface area contributed by atoms with Crippen molar-refractivity contribution >= 4 is 0 Å². The first-order chi connectivity index (χ1) is 17.6. The summed E-state index contributed by atoms with van der Waals surface area (Å²) in [5.74, 6) is 9.90. The van der Waals surface area contributed by atoms with Crippen LogP contribution in [-0.4, -0.2) is 14.2 Å². The van der Waals surface area contributed by atoms with Crippen molar-refractivity contribution in [3.05, 3.63) is 101 Å². The fraction of sp³-hybridized carbons (Fsp3) is 0.138. The third-order valence-electron chi connectivity index (χ3n) is 5.45. The molecule has 190 valence electrons. The Morgan fingerprint density at radius 3 is 1.41 bits per heavy atom. The summed E-state index contributed by atoms with van der Waals surface area (Å²) in [7, 11) is -1.62. The van der Waals surface area contributed by atoms with E-state index in [9.17, 15) is 0 Å². The molecule has 4 aromatic rings. The second-order valence-corrected chi connectivity index (χ2v) is 8.59. The van der Waals surface area contributed by atoms with Crippen molar-refractivity contribution in [2.45, 2.75) is 13.8 Å². The molecule has 3 aromatic carbocycles. The summed E-state index contributed by atoms with van der Waals surface area (Å²) in [5.41, 5.74) is 5.91. The van der Waals surface area contributed by atoms with Crippen LogP contribution < -0.4 is 28.1 Å². The molecule has 1 aromatic heterocycles. The van der Waals surface area contributed by atoms with Crippen LogP contribution in [-0.2, 0) is 0 Å². The summed E-state index contributed by atoms with van der Waals surface area (Å²) in [6.45, 7) is 4.12. The van der Waals surface area contributed by atoms with E-state index in [0.717, 1.165) is 56.4 Å². The molecule has 0 fully saturated rings. The van der Waals surface area contributed by atoms with E-state index >= 15 is 0 Å². The minimum Gasteiger partial charge on any atom is -0.497 e. The van der Waals surface area contributed by atoms with Gasteiger partial charge in [-0.2, -0.15) is 0 Å². The van der Waals surface area contributed by atoms with Crippen LogP contribution in [0.3, 0.4) is 0 Å². The van der Waals surface area contributed by atoms with Crippen molar-refractivity contribution in [3.8, 4) is 46.0 Å². The Balaban J connectivity index is 0.000000695. The molecule has 0 aliphatic heterocycles. The molecule has 0 aliphatic carbocycles. The summed E-state index contributed by atoms with van der Waals surface area (Å²) >= 11 is 0. The number of ether oxygens (including phenoxy) is 2. The van der Waals surface area contributed by atoms with Crippen LogP contribution in [0.25, 0.3) is 22.6 Å². The molecular weight excluding hydrogens is 496 g/mol.